The van der Waals surface area contributed by atoms with E-state index in [-0.39, 0.29) is 0 Å². The van der Waals surface area contributed by atoms with Crippen LogP contribution in [0.25, 0.3) is 6.08 Å². The molecule has 9 heavy (non-hydrogen) atoms. The maximum absolute atomic E-state index is 5.10. The molecule has 0 bridgehead atoms. The molecule has 3 nitrogen and oxygen atoms in total. The first-order valence-electron chi connectivity index (χ1n) is 2.72. The minimum Gasteiger partial charge on any atom is -0.472 e. The number of fused-ring (bicyclic) bond motifs is 1. The number of ether oxygens (including phenoxy) is 1. The Morgan fingerprint density at radius 2 is 2.78 bits per heavy atom. The summed E-state index contributed by atoms with van der Waals surface area (Å²) in [5.74, 6) is 0.650. The molecular weight excluding hydrogens is 116 g/mol. The molecule has 2 heterocycles. The highest BCUT2D eigenvalue weighted by atomic mass is 16.5. The smallest absolute Gasteiger partial charge is 0.240 e. The molecule has 0 spiro atoms. The second-order valence-electron chi connectivity index (χ2n) is 1.78. The fraction of sp³-hybridized carbons (Fsp3) is 0.167. The Bertz CT molecular complexity index is 239. The van der Waals surface area contributed by atoms with Gasteiger partial charge in [-0.1, -0.05) is 0 Å². The summed E-state index contributed by atoms with van der Waals surface area (Å²) in [7, 11) is 0. The van der Waals surface area contributed by atoms with Crippen LogP contribution in [0.4, 0.5) is 0 Å². The molecule has 1 aromatic rings. The lowest BCUT2D eigenvalue weighted by atomic mass is 10.3. The number of imidazole rings is 1. The van der Waals surface area contributed by atoms with Crippen LogP contribution in [-0.4, -0.2) is 16.6 Å². The van der Waals surface area contributed by atoms with E-state index < -0.39 is 0 Å². The molecule has 0 saturated heterocycles. The minimum atomic E-state index is 0.617. The number of nitrogens with zero attached hydrogens (tertiary/aromatic N) is 1. The molecule has 1 N–H and O–H groups in total. The van der Waals surface area contributed by atoms with E-state index in [1.165, 1.54) is 0 Å². The van der Waals surface area contributed by atoms with E-state index in [0.717, 1.165) is 5.69 Å². The van der Waals surface area contributed by atoms with Crippen LogP contribution in [0, 0.1) is 6.33 Å². The van der Waals surface area contributed by atoms with Crippen molar-refractivity contribution in [3.8, 4) is 5.88 Å². The number of aromatic nitrogens is 2. The first-order chi connectivity index (χ1) is 4.47. The molecule has 0 unspecified atom stereocenters. The van der Waals surface area contributed by atoms with E-state index in [1.807, 2.05) is 12.2 Å². The van der Waals surface area contributed by atoms with Gasteiger partial charge in [0, 0.05) is 0 Å². The Balaban J connectivity index is 2.53. The average molecular weight is 121 g/mol. The monoisotopic (exact) mass is 121 g/mol. The zero-order valence-corrected chi connectivity index (χ0v) is 4.72. The third kappa shape index (κ3) is 0.614. The number of hydrogen-bond donors (Lipinski definition) is 1. The number of hydrogen-bond acceptors (Lipinski definition) is 2. The van der Waals surface area contributed by atoms with Crippen molar-refractivity contribution < 1.29 is 4.74 Å². The predicted molar refractivity (Wildman–Crippen MR) is 32.0 cm³/mol. The first-order valence-corrected chi connectivity index (χ1v) is 2.72. The Morgan fingerprint density at radius 1 is 1.78 bits per heavy atom. The maximum Gasteiger partial charge on any atom is 0.240 e. The van der Waals surface area contributed by atoms with Gasteiger partial charge in [0.2, 0.25) is 5.88 Å². The van der Waals surface area contributed by atoms with Crippen LogP contribution in [0.3, 0.4) is 0 Å². The van der Waals surface area contributed by atoms with Gasteiger partial charge in [-0.2, -0.15) is 4.98 Å². The summed E-state index contributed by atoms with van der Waals surface area (Å²) in [6.45, 7) is 0.617. The highest BCUT2D eigenvalue weighted by molar-refractivity contribution is 5.52. The number of aromatic amines is 1. The highest BCUT2D eigenvalue weighted by Gasteiger charge is 2.05. The Kier molecular flexibility index (Phi) is 0.828. The maximum atomic E-state index is 5.10. The molecule has 0 saturated carbocycles. The normalized spacial score (nSPS) is 14.7. The molecule has 1 radical (unpaired) electrons. The van der Waals surface area contributed by atoms with Gasteiger partial charge in [0.25, 0.3) is 0 Å². The molecule has 0 fully saturated rings. The van der Waals surface area contributed by atoms with E-state index in [4.69, 9.17) is 4.74 Å². The molecule has 0 aliphatic carbocycles. The fourth-order valence-corrected chi connectivity index (χ4v) is 0.769. The second kappa shape index (κ2) is 1.62. The van der Waals surface area contributed by atoms with Gasteiger partial charge < -0.3 is 9.72 Å². The molecule has 45 valence electrons. The number of nitrogens with one attached hydrogen (secondary N) is 1. The van der Waals surface area contributed by atoms with Crippen molar-refractivity contribution in [3.63, 3.8) is 0 Å². The molecular formula is C6H5N2O. The Morgan fingerprint density at radius 3 is 3.67 bits per heavy atom. The summed E-state index contributed by atoms with van der Waals surface area (Å²) in [4.78, 5) is 6.61. The van der Waals surface area contributed by atoms with Gasteiger partial charge in [0.15, 0.2) is 6.33 Å². The first kappa shape index (κ1) is 4.61. The molecule has 1 aliphatic heterocycles. The Labute approximate surface area is 52.4 Å². The molecule has 0 atom stereocenters. The van der Waals surface area contributed by atoms with Crippen molar-refractivity contribution in [2.24, 2.45) is 0 Å². The van der Waals surface area contributed by atoms with Gasteiger partial charge in [0.05, 0.1) is 0 Å². The van der Waals surface area contributed by atoms with Crippen molar-refractivity contribution in [3.05, 3.63) is 18.1 Å². The SMILES string of the molecule is [c]1nc2c([nH]1)C=CCO2. The molecule has 1 aromatic heterocycles. The largest absolute Gasteiger partial charge is 0.472 e. The van der Waals surface area contributed by atoms with E-state index in [0.29, 0.717) is 12.5 Å². The zero-order valence-electron chi connectivity index (χ0n) is 4.72. The minimum absolute atomic E-state index is 0.617. The van der Waals surface area contributed by atoms with Crippen LogP contribution in [0.15, 0.2) is 6.08 Å². The van der Waals surface area contributed by atoms with E-state index in [1.54, 1.807) is 0 Å². The summed E-state index contributed by atoms with van der Waals surface area (Å²) in [6, 6.07) is 0. The van der Waals surface area contributed by atoms with Crippen molar-refractivity contribution in [1.29, 1.82) is 0 Å². The summed E-state index contributed by atoms with van der Waals surface area (Å²) < 4.78 is 5.10. The van der Waals surface area contributed by atoms with Crippen LogP contribution in [0.2, 0.25) is 0 Å². The molecule has 0 aromatic carbocycles. The van der Waals surface area contributed by atoms with Gasteiger partial charge in [-0.25, -0.2) is 0 Å². The molecule has 0 amide bonds. The lowest BCUT2D eigenvalue weighted by Crippen LogP contribution is -1.98. The predicted octanol–water partition coefficient (Wildman–Crippen LogP) is 0.615. The molecule has 1 aliphatic rings. The van der Waals surface area contributed by atoms with Crippen LogP contribution in [0.5, 0.6) is 5.88 Å². The topological polar surface area (TPSA) is 37.9 Å². The molecule has 2 rings (SSSR count). The number of rotatable bonds is 0. The lowest BCUT2D eigenvalue weighted by molar-refractivity contribution is 0.346. The van der Waals surface area contributed by atoms with E-state index in [2.05, 4.69) is 16.3 Å². The highest BCUT2D eigenvalue weighted by Crippen LogP contribution is 2.16. The van der Waals surface area contributed by atoms with Crippen LogP contribution in [0.1, 0.15) is 5.69 Å². The van der Waals surface area contributed by atoms with Gasteiger partial charge in [-0.15, -0.1) is 0 Å². The fourth-order valence-electron chi connectivity index (χ4n) is 0.769. The van der Waals surface area contributed by atoms with E-state index in [9.17, 15) is 0 Å². The van der Waals surface area contributed by atoms with Crippen LogP contribution >= 0.6 is 0 Å². The van der Waals surface area contributed by atoms with Crippen molar-refractivity contribution in [2.75, 3.05) is 6.61 Å². The standard InChI is InChI=1S/C6H5N2O/c1-2-5-6(9-3-1)8-4-7-5/h1-2H,3H2,(H,7,8). The van der Waals surface area contributed by atoms with Crippen molar-refractivity contribution >= 4 is 6.08 Å². The van der Waals surface area contributed by atoms with Crippen molar-refractivity contribution in [1.82, 2.24) is 9.97 Å². The van der Waals surface area contributed by atoms with Gasteiger partial charge >= 0.3 is 0 Å². The van der Waals surface area contributed by atoms with Gasteiger partial charge in [-0.3, -0.25) is 0 Å². The second-order valence-corrected chi connectivity index (χ2v) is 1.78. The zero-order chi connectivity index (χ0) is 6.10. The van der Waals surface area contributed by atoms with Gasteiger partial charge in [-0.05, 0) is 12.2 Å². The van der Waals surface area contributed by atoms with Crippen LogP contribution in [-0.2, 0) is 0 Å². The Hall–Kier alpha value is -1.25. The summed E-state index contributed by atoms with van der Waals surface area (Å²) >= 11 is 0. The lowest BCUT2D eigenvalue weighted by Gasteiger charge is -2.03. The third-order valence-electron chi connectivity index (χ3n) is 1.18. The van der Waals surface area contributed by atoms with Crippen LogP contribution < -0.4 is 4.74 Å². The summed E-state index contributed by atoms with van der Waals surface area (Å²) in [6.07, 6.45) is 6.45. The molecule has 3 heteroatoms. The number of H-pyrrole nitrogens is 1. The van der Waals surface area contributed by atoms with Gasteiger partial charge in [0.1, 0.15) is 12.3 Å². The van der Waals surface area contributed by atoms with Crippen molar-refractivity contribution in [2.45, 2.75) is 0 Å². The quantitative estimate of drug-likeness (QED) is 0.546. The summed E-state index contributed by atoms with van der Waals surface area (Å²) in [5.41, 5.74) is 0.904. The summed E-state index contributed by atoms with van der Waals surface area (Å²) in [5, 5.41) is 0. The third-order valence-corrected chi connectivity index (χ3v) is 1.18. The van der Waals surface area contributed by atoms with E-state index >= 15 is 0 Å². The average Bonchev–Trinajstić information content (AvgIpc) is 2.33.